The van der Waals surface area contributed by atoms with Crippen LogP contribution in [0.4, 0.5) is 0 Å². The van der Waals surface area contributed by atoms with Gasteiger partial charge in [-0.3, -0.25) is 0 Å². The van der Waals surface area contributed by atoms with Crippen molar-refractivity contribution < 1.29 is 0 Å². The average molecular weight is 790 g/mol. The zero-order valence-electron chi connectivity index (χ0n) is 33.5. The molecule has 5 heteroatoms. The average Bonchev–Trinajstić information content (AvgIpc) is 3.99. The minimum absolute atomic E-state index is 0.663. The van der Waals surface area contributed by atoms with Crippen LogP contribution in [-0.4, -0.2) is 23.9 Å². The second-order valence-electron chi connectivity index (χ2n) is 16.6. The molecule has 0 radical (unpaired) electrons. The summed E-state index contributed by atoms with van der Waals surface area (Å²) in [7, 11) is 0. The van der Waals surface area contributed by atoms with Gasteiger partial charge in [-0.15, -0.1) is 0 Å². The SMILES string of the molecule is C1=CC(c2nc(-c3ccccc3)nc(-c3ccc(-n4c5ccccc5c5c4c4ccccc4c4c6cccc7c8cc9ccccc9cc8n(c76)c45)c4ccccc34)n2)=CCC1. The van der Waals surface area contributed by atoms with Crippen LogP contribution in [-0.2, 0) is 0 Å². The van der Waals surface area contributed by atoms with Gasteiger partial charge in [0.25, 0.3) is 0 Å². The molecule has 0 saturated heterocycles. The highest BCUT2D eigenvalue weighted by Crippen LogP contribution is 2.49. The molecule has 0 aliphatic heterocycles. The number of allylic oxidation sites excluding steroid dienone is 4. The van der Waals surface area contributed by atoms with Gasteiger partial charge in [0.15, 0.2) is 17.5 Å². The summed E-state index contributed by atoms with van der Waals surface area (Å²) in [5, 5.41) is 14.8. The lowest BCUT2D eigenvalue weighted by molar-refractivity contribution is 1.01. The minimum atomic E-state index is 0.663. The molecule has 1 aliphatic carbocycles. The number of hydrogen-bond acceptors (Lipinski definition) is 3. The standard InChI is InChI=1S/C57H35N5/c1-3-16-34(17-4-1)55-58-56(35-18-5-2-6-19-35)60-57(59-55)43-30-31-48(39-23-10-9-22-38(39)43)61-47-29-14-13-26-44(47)51-53(61)41-25-12-11-24-40(41)50-45-28-15-27-42-46-32-36-20-7-8-21-37(36)33-49(46)62(52(42)45)54(50)51/h1,3-5,7-33H,2,6H2. The first-order valence-electron chi connectivity index (χ1n) is 21.4. The van der Waals surface area contributed by atoms with Crippen LogP contribution in [0.2, 0.25) is 0 Å². The van der Waals surface area contributed by atoms with E-state index in [-0.39, 0.29) is 0 Å². The molecule has 0 unspecified atom stereocenters. The largest absolute Gasteiger partial charge is 0.308 e. The number of rotatable bonds is 4. The van der Waals surface area contributed by atoms with Crippen molar-refractivity contribution in [3.63, 3.8) is 0 Å². The minimum Gasteiger partial charge on any atom is -0.308 e. The summed E-state index contributed by atoms with van der Waals surface area (Å²) in [5.74, 6) is 2.03. The molecule has 0 bridgehead atoms. The topological polar surface area (TPSA) is 48.0 Å². The van der Waals surface area contributed by atoms with Gasteiger partial charge in [-0.05, 0) is 64.7 Å². The molecule has 9 aromatic carbocycles. The third kappa shape index (κ3) is 4.59. The van der Waals surface area contributed by atoms with Crippen molar-refractivity contribution in [1.82, 2.24) is 23.9 Å². The monoisotopic (exact) mass is 789 g/mol. The Bertz CT molecular complexity index is 4090. The molecule has 0 spiro atoms. The Balaban J connectivity index is 1.11. The summed E-state index contributed by atoms with van der Waals surface area (Å²) < 4.78 is 5.10. The molecular formula is C57H35N5. The van der Waals surface area contributed by atoms with E-state index in [1.54, 1.807) is 0 Å². The van der Waals surface area contributed by atoms with Crippen LogP contribution in [0.5, 0.6) is 0 Å². The van der Waals surface area contributed by atoms with Crippen LogP contribution in [0.3, 0.4) is 0 Å². The molecule has 4 heterocycles. The molecule has 14 rings (SSSR count). The van der Waals surface area contributed by atoms with Crippen molar-refractivity contribution in [1.29, 1.82) is 0 Å². The van der Waals surface area contributed by atoms with Crippen molar-refractivity contribution in [2.24, 2.45) is 0 Å². The molecule has 288 valence electrons. The lowest BCUT2D eigenvalue weighted by Gasteiger charge is -2.16. The molecule has 5 nitrogen and oxygen atoms in total. The summed E-state index contributed by atoms with van der Waals surface area (Å²) in [6, 6.07) is 61.8. The maximum atomic E-state index is 5.20. The Labute approximate surface area is 355 Å². The van der Waals surface area contributed by atoms with Crippen molar-refractivity contribution in [3.8, 4) is 28.5 Å². The molecule has 0 saturated carbocycles. The van der Waals surface area contributed by atoms with E-state index in [0.29, 0.717) is 17.5 Å². The second-order valence-corrected chi connectivity index (χ2v) is 16.6. The number of fused-ring (bicyclic) bond motifs is 15. The molecule has 4 aromatic heterocycles. The van der Waals surface area contributed by atoms with Gasteiger partial charge in [0.2, 0.25) is 0 Å². The molecule has 13 aromatic rings. The van der Waals surface area contributed by atoms with Gasteiger partial charge in [-0.2, -0.15) is 0 Å². The van der Waals surface area contributed by atoms with E-state index < -0.39 is 0 Å². The fourth-order valence-electron chi connectivity index (χ4n) is 10.6. The normalized spacial score (nSPS) is 13.4. The van der Waals surface area contributed by atoms with Gasteiger partial charge >= 0.3 is 0 Å². The van der Waals surface area contributed by atoms with Gasteiger partial charge < -0.3 is 8.97 Å². The number of benzene rings is 9. The predicted molar refractivity (Wildman–Crippen MR) is 259 cm³/mol. The molecule has 0 N–H and O–H groups in total. The zero-order valence-corrected chi connectivity index (χ0v) is 33.5. The second kappa shape index (κ2) is 12.7. The van der Waals surface area contributed by atoms with Crippen LogP contribution in [0, 0.1) is 0 Å². The fourth-order valence-corrected chi connectivity index (χ4v) is 10.6. The molecule has 0 atom stereocenters. The van der Waals surface area contributed by atoms with E-state index >= 15 is 0 Å². The Kier molecular flexibility index (Phi) is 6.88. The fraction of sp³-hybridized carbons (Fsp3) is 0.0351. The highest BCUT2D eigenvalue weighted by Gasteiger charge is 2.27. The smallest absolute Gasteiger partial charge is 0.164 e. The Hall–Kier alpha value is -8.15. The van der Waals surface area contributed by atoms with Crippen LogP contribution in [0.25, 0.3) is 126 Å². The van der Waals surface area contributed by atoms with Gasteiger partial charge in [-0.25, -0.2) is 15.0 Å². The van der Waals surface area contributed by atoms with E-state index in [4.69, 9.17) is 15.0 Å². The maximum Gasteiger partial charge on any atom is 0.164 e. The highest BCUT2D eigenvalue weighted by atomic mass is 15.0. The summed E-state index contributed by atoms with van der Waals surface area (Å²) in [5.41, 5.74) is 10.2. The van der Waals surface area contributed by atoms with Gasteiger partial charge in [-0.1, -0.05) is 158 Å². The molecule has 62 heavy (non-hydrogen) atoms. The third-order valence-corrected chi connectivity index (χ3v) is 13.3. The quantitative estimate of drug-likeness (QED) is 0.178. The van der Waals surface area contributed by atoms with Crippen LogP contribution >= 0.6 is 0 Å². The summed E-state index contributed by atoms with van der Waals surface area (Å²) in [6.45, 7) is 0. The van der Waals surface area contributed by atoms with E-state index in [2.05, 4.69) is 179 Å². The first-order chi connectivity index (χ1) is 30.8. The van der Waals surface area contributed by atoms with Crippen molar-refractivity contribution in [2.75, 3.05) is 0 Å². The predicted octanol–water partition coefficient (Wildman–Crippen LogP) is 14.6. The number of aromatic nitrogens is 5. The summed E-state index contributed by atoms with van der Waals surface area (Å²) in [6.07, 6.45) is 8.58. The third-order valence-electron chi connectivity index (χ3n) is 13.3. The van der Waals surface area contributed by atoms with Crippen molar-refractivity contribution in [3.05, 3.63) is 194 Å². The molecule has 0 amide bonds. The van der Waals surface area contributed by atoms with Gasteiger partial charge in [0.1, 0.15) is 0 Å². The number of nitrogens with zero attached hydrogens (tertiary/aromatic N) is 5. The first kappa shape index (κ1) is 33.7. The summed E-state index contributed by atoms with van der Waals surface area (Å²) >= 11 is 0. The van der Waals surface area contributed by atoms with Crippen LogP contribution in [0.15, 0.2) is 188 Å². The number of para-hydroxylation sites is 2. The zero-order chi connectivity index (χ0) is 40.5. The molecular weight excluding hydrogens is 755 g/mol. The van der Waals surface area contributed by atoms with E-state index in [9.17, 15) is 0 Å². The van der Waals surface area contributed by atoms with Crippen LogP contribution < -0.4 is 0 Å². The van der Waals surface area contributed by atoms with E-state index in [1.165, 1.54) is 75.9 Å². The maximum absolute atomic E-state index is 5.20. The van der Waals surface area contributed by atoms with Gasteiger partial charge in [0, 0.05) is 59.8 Å². The lowest BCUT2D eigenvalue weighted by atomic mass is 9.98. The Morgan fingerprint density at radius 2 is 1.06 bits per heavy atom. The highest BCUT2D eigenvalue weighted by molar-refractivity contribution is 6.39. The Morgan fingerprint density at radius 3 is 1.90 bits per heavy atom. The van der Waals surface area contributed by atoms with Gasteiger partial charge in [0.05, 0.1) is 33.3 Å². The van der Waals surface area contributed by atoms with E-state index in [0.717, 1.165) is 51.5 Å². The number of hydrogen-bond donors (Lipinski definition) is 0. The van der Waals surface area contributed by atoms with E-state index in [1.807, 2.05) is 18.2 Å². The van der Waals surface area contributed by atoms with Crippen LogP contribution in [0.1, 0.15) is 18.7 Å². The first-order valence-corrected chi connectivity index (χ1v) is 21.4. The van der Waals surface area contributed by atoms with Crippen molar-refractivity contribution >= 4 is 97.8 Å². The lowest BCUT2D eigenvalue weighted by Crippen LogP contribution is -2.04. The van der Waals surface area contributed by atoms with Crippen molar-refractivity contribution in [2.45, 2.75) is 12.8 Å². The molecule has 0 fully saturated rings. The summed E-state index contributed by atoms with van der Waals surface area (Å²) in [4.78, 5) is 15.4. The molecule has 1 aliphatic rings. The Morgan fingerprint density at radius 1 is 0.403 bits per heavy atom.